The van der Waals surface area contributed by atoms with Crippen LogP contribution in [-0.4, -0.2) is 16.1 Å². The van der Waals surface area contributed by atoms with Gasteiger partial charge in [0, 0.05) is 5.56 Å². The third kappa shape index (κ3) is 4.06. The molecule has 0 bridgehead atoms. The molecule has 1 heterocycles. The molecule has 6 heteroatoms. The van der Waals surface area contributed by atoms with E-state index in [-0.39, 0.29) is 24.4 Å². The van der Waals surface area contributed by atoms with E-state index < -0.39 is 0 Å². The summed E-state index contributed by atoms with van der Waals surface area (Å²) in [4.78, 5) is 16.6. The molecule has 0 aliphatic heterocycles. The van der Waals surface area contributed by atoms with Gasteiger partial charge in [-0.05, 0) is 24.1 Å². The van der Waals surface area contributed by atoms with Crippen molar-refractivity contribution in [1.29, 1.82) is 0 Å². The zero-order chi connectivity index (χ0) is 17.6. The quantitative estimate of drug-likeness (QED) is 0.602. The van der Waals surface area contributed by atoms with E-state index in [1.165, 1.54) is 0 Å². The molecule has 3 rings (SSSR count). The van der Waals surface area contributed by atoms with Crippen molar-refractivity contribution in [2.75, 3.05) is 0 Å². The molecular weight excluding hydrogens is 340 g/mol. The first kappa shape index (κ1) is 17.2. The normalized spacial score (nSPS) is 11.9. The van der Waals surface area contributed by atoms with Crippen LogP contribution >= 0.6 is 11.6 Å². The van der Waals surface area contributed by atoms with Crippen molar-refractivity contribution in [2.24, 2.45) is 0 Å². The number of rotatable bonds is 6. The molecule has 0 spiro atoms. The molecule has 0 radical (unpaired) electrons. The minimum Gasteiger partial charge on any atom is -0.455 e. The molecule has 0 saturated carbocycles. The first-order chi connectivity index (χ1) is 12.2. The van der Waals surface area contributed by atoms with Gasteiger partial charge in [0.05, 0.1) is 10.9 Å². The number of hydrogen-bond donors (Lipinski definition) is 0. The van der Waals surface area contributed by atoms with E-state index in [0.29, 0.717) is 22.8 Å². The van der Waals surface area contributed by atoms with Crippen molar-refractivity contribution in [2.45, 2.75) is 25.9 Å². The Morgan fingerprint density at radius 3 is 2.60 bits per heavy atom. The predicted octanol–water partition coefficient (Wildman–Crippen LogP) is 4.63. The minimum absolute atomic E-state index is 0.0698. The highest BCUT2D eigenvalue weighted by Gasteiger charge is 2.21. The van der Waals surface area contributed by atoms with Gasteiger partial charge >= 0.3 is 5.97 Å². The Morgan fingerprint density at radius 2 is 1.88 bits per heavy atom. The third-order valence-electron chi connectivity index (χ3n) is 3.82. The van der Waals surface area contributed by atoms with Crippen molar-refractivity contribution < 1.29 is 14.1 Å². The van der Waals surface area contributed by atoms with Gasteiger partial charge < -0.3 is 9.26 Å². The lowest BCUT2D eigenvalue weighted by atomic mass is 9.97. The standard InChI is InChI=1S/C19H17ClN2O3/c1-2-14(13-8-4-3-5-9-13)19(23)24-12-17-21-18(22-25-17)15-10-6-7-11-16(15)20/h3-11,14H,2,12H2,1H3/t14-/m0/s1. The highest BCUT2D eigenvalue weighted by atomic mass is 35.5. The van der Waals surface area contributed by atoms with Crippen LogP contribution in [0.4, 0.5) is 0 Å². The molecular formula is C19H17ClN2O3. The van der Waals surface area contributed by atoms with Crippen LogP contribution in [0.1, 0.15) is 30.7 Å². The largest absolute Gasteiger partial charge is 0.455 e. The topological polar surface area (TPSA) is 65.2 Å². The monoisotopic (exact) mass is 356 g/mol. The Bertz CT molecular complexity index is 849. The Hall–Kier alpha value is -2.66. The van der Waals surface area contributed by atoms with E-state index >= 15 is 0 Å². The van der Waals surface area contributed by atoms with Crippen LogP contribution in [0.5, 0.6) is 0 Å². The molecule has 128 valence electrons. The van der Waals surface area contributed by atoms with Crippen LogP contribution in [0.2, 0.25) is 5.02 Å². The maximum atomic E-state index is 12.3. The lowest BCUT2D eigenvalue weighted by molar-refractivity contribution is -0.147. The maximum absolute atomic E-state index is 12.3. The van der Waals surface area contributed by atoms with Crippen LogP contribution in [0.25, 0.3) is 11.4 Å². The van der Waals surface area contributed by atoms with Crippen LogP contribution in [-0.2, 0) is 16.1 Å². The summed E-state index contributed by atoms with van der Waals surface area (Å²) in [5.41, 5.74) is 1.60. The molecule has 0 aliphatic carbocycles. The second-order valence-electron chi connectivity index (χ2n) is 5.47. The number of nitrogens with zero attached hydrogens (tertiary/aromatic N) is 2. The number of carbonyl (C=O) groups is 1. The van der Waals surface area contributed by atoms with Gasteiger partial charge in [0.25, 0.3) is 5.89 Å². The molecule has 0 saturated heterocycles. The zero-order valence-corrected chi connectivity index (χ0v) is 14.4. The van der Waals surface area contributed by atoms with Gasteiger partial charge in [0.15, 0.2) is 6.61 Å². The van der Waals surface area contributed by atoms with Gasteiger partial charge in [-0.15, -0.1) is 0 Å². The number of ether oxygens (including phenoxy) is 1. The number of aromatic nitrogens is 2. The van der Waals surface area contributed by atoms with Crippen molar-refractivity contribution in [3.8, 4) is 11.4 Å². The SMILES string of the molecule is CC[C@H](C(=O)OCc1nc(-c2ccccc2Cl)no1)c1ccccc1. The lowest BCUT2D eigenvalue weighted by Gasteiger charge is -2.13. The fourth-order valence-electron chi connectivity index (χ4n) is 2.52. The van der Waals surface area contributed by atoms with Gasteiger partial charge in [-0.2, -0.15) is 4.98 Å². The van der Waals surface area contributed by atoms with E-state index in [9.17, 15) is 4.79 Å². The predicted molar refractivity (Wildman–Crippen MR) is 94.0 cm³/mol. The van der Waals surface area contributed by atoms with Crippen LogP contribution < -0.4 is 0 Å². The maximum Gasteiger partial charge on any atom is 0.313 e. The summed E-state index contributed by atoms with van der Waals surface area (Å²) in [6, 6.07) is 16.8. The Kier molecular flexibility index (Phi) is 5.46. The van der Waals surface area contributed by atoms with E-state index in [0.717, 1.165) is 5.56 Å². The fraction of sp³-hybridized carbons (Fsp3) is 0.211. The van der Waals surface area contributed by atoms with Gasteiger partial charge in [0.2, 0.25) is 5.82 Å². The van der Waals surface area contributed by atoms with Crippen LogP contribution in [0, 0.1) is 0 Å². The highest BCUT2D eigenvalue weighted by molar-refractivity contribution is 6.33. The molecule has 5 nitrogen and oxygen atoms in total. The highest BCUT2D eigenvalue weighted by Crippen LogP contribution is 2.25. The van der Waals surface area contributed by atoms with E-state index in [1.54, 1.807) is 12.1 Å². The lowest BCUT2D eigenvalue weighted by Crippen LogP contribution is -2.15. The molecule has 1 atom stereocenters. The average molecular weight is 357 g/mol. The Morgan fingerprint density at radius 1 is 1.16 bits per heavy atom. The van der Waals surface area contributed by atoms with Crippen molar-refractivity contribution >= 4 is 17.6 Å². The molecule has 1 aromatic heterocycles. The number of hydrogen-bond acceptors (Lipinski definition) is 5. The van der Waals surface area contributed by atoms with E-state index in [1.807, 2.05) is 49.4 Å². The summed E-state index contributed by atoms with van der Waals surface area (Å²) in [5.74, 6) is -0.0312. The summed E-state index contributed by atoms with van der Waals surface area (Å²) in [5, 5.41) is 4.42. The fourth-order valence-corrected chi connectivity index (χ4v) is 2.74. The number of carbonyl (C=O) groups excluding carboxylic acids is 1. The van der Waals surface area contributed by atoms with Crippen molar-refractivity contribution in [3.05, 3.63) is 71.1 Å². The average Bonchev–Trinajstić information content (AvgIpc) is 3.11. The van der Waals surface area contributed by atoms with Crippen molar-refractivity contribution in [3.63, 3.8) is 0 Å². The first-order valence-corrected chi connectivity index (χ1v) is 8.36. The molecule has 2 aromatic carbocycles. The summed E-state index contributed by atoms with van der Waals surface area (Å²) >= 11 is 6.12. The van der Waals surface area contributed by atoms with Gasteiger partial charge in [-0.3, -0.25) is 4.79 Å². The van der Waals surface area contributed by atoms with E-state index in [2.05, 4.69) is 10.1 Å². The van der Waals surface area contributed by atoms with Crippen LogP contribution in [0.15, 0.2) is 59.1 Å². The summed E-state index contributed by atoms with van der Waals surface area (Å²) in [7, 11) is 0. The second-order valence-corrected chi connectivity index (χ2v) is 5.88. The molecule has 0 N–H and O–H groups in total. The third-order valence-corrected chi connectivity index (χ3v) is 4.15. The summed E-state index contributed by atoms with van der Waals surface area (Å²) < 4.78 is 10.5. The smallest absolute Gasteiger partial charge is 0.313 e. The summed E-state index contributed by atoms with van der Waals surface area (Å²) in [6.45, 7) is 1.88. The van der Waals surface area contributed by atoms with E-state index in [4.69, 9.17) is 20.9 Å². The molecule has 25 heavy (non-hydrogen) atoms. The van der Waals surface area contributed by atoms with Gasteiger partial charge in [0.1, 0.15) is 0 Å². The second kappa shape index (κ2) is 7.94. The molecule has 0 fully saturated rings. The zero-order valence-electron chi connectivity index (χ0n) is 13.7. The Labute approximate surface area is 150 Å². The number of esters is 1. The van der Waals surface area contributed by atoms with Crippen molar-refractivity contribution in [1.82, 2.24) is 10.1 Å². The molecule has 0 aliphatic rings. The first-order valence-electron chi connectivity index (χ1n) is 7.98. The minimum atomic E-state index is -0.314. The summed E-state index contributed by atoms with van der Waals surface area (Å²) in [6.07, 6.45) is 0.650. The Balaban J connectivity index is 1.66. The molecule has 0 amide bonds. The number of halogens is 1. The number of benzene rings is 2. The van der Waals surface area contributed by atoms with Gasteiger partial charge in [-0.25, -0.2) is 0 Å². The van der Waals surface area contributed by atoms with Crippen LogP contribution in [0.3, 0.4) is 0 Å². The molecule has 0 unspecified atom stereocenters. The van der Waals surface area contributed by atoms with Gasteiger partial charge in [-0.1, -0.05) is 66.1 Å². The molecule has 3 aromatic rings.